The quantitative estimate of drug-likeness (QED) is 0.803. The average molecular weight is 324 g/mol. The van der Waals surface area contributed by atoms with Crippen molar-refractivity contribution in [1.29, 1.82) is 0 Å². The lowest BCUT2D eigenvalue weighted by Gasteiger charge is -2.09. The molecular formula is C14H11Cl2N3O2. The summed E-state index contributed by atoms with van der Waals surface area (Å²) >= 11 is 11.8. The summed E-state index contributed by atoms with van der Waals surface area (Å²) in [4.78, 5) is 22.9. The molecule has 108 valence electrons. The number of benzene rings is 2. The largest absolute Gasteiger partial charge is 0.351 e. The maximum Gasteiger partial charge on any atom is 0.316 e. The molecule has 3 amide bonds. The van der Waals surface area contributed by atoms with E-state index in [1.807, 2.05) is 0 Å². The highest BCUT2D eigenvalue weighted by Gasteiger charge is 2.11. The molecule has 0 bridgehead atoms. The molecule has 0 unspecified atom stereocenters. The molecule has 0 spiro atoms. The molecule has 0 aromatic heterocycles. The van der Waals surface area contributed by atoms with E-state index in [0.29, 0.717) is 22.0 Å². The number of primary amides is 1. The van der Waals surface area contributed by atoms with Crippen LogP contribution in [0.15, 0.2) is 42.5 Å². The second-order valence-corrected chi connectivity index (χ2v) is 4.99. The zero-order chi connectivity index (χ0) is 15.4. The first-order valence-electron chi connectivity index (χ1n) is 5.88. The number of nitrogens with two attached hydrogens (primary N) is 1. The Morgan fingerprint density at radius 2 is 1.62 bits per heavy atom. The molecule has 7 heteroatoms. The van der Waals surface area contributed by atoms with Crippen LogP contribution in [0.3, 0.4) is 0 Å². The lowest BCUT2D eigenvalue weighted by atomic mass is 10.2. The number of nitrogens with one attached hydrogen (secondary N) is 2. The van der Waals surface area contributed by atoms with Crippen LogP contribution in [-0.2, 0) is 0 Å². The van der Waals surface area contributed by atoms with Crippen molar-refractivity contribution in [3.8, 4) is 0 Å². The Bertz CT molecular complexity index is 704. The number of hydrogen-bond donors (Lipinski definition) is 3. The highest BCUT2D eigenvalue weighted by molar-refractivity contribution is 6.37. The minimum absolute atomic E-state index is 0.256. The molecule has 2 aromatic carbocycles. The topological polar surface area (TPSA) is 84.2 Å². The van der Waals surface area contributed by atoms with E-state index in [4.69, 9.17) is 28.9 Å². The molecule has 0 heterocycles. The van der Waals surface area contributed by atoms with Crippen LogP contribution >= 0.6 is 23.2 Å². The van der Waals surface area contributed by atoms with E-state index in [1.165, 1.54) is 12.1 Å². The van der Waals surface area contributed by atoms with Crippen molar-refractivity contribution in [2.75, 3.05) is 10.6 Å². The van der Waals surface area contributed by atoms with E-state index >= 15 is 0 Å². The summed E-state index contributed by atoms with van der Waals surface area (Å²) in [5.41, 5.74) is 6.31. The van der Waals surface area contributed by atoms with Gasteiger partial charge in [0.05, 0.1) is 10.6 Å². The van der Waals surface area contributed by atoms with Gasteiger partial charge in [-0.25, -0.2) is 4.79 Å². The second kappa shape index (κ2) is 6.47. The van der Waals surface area contributed by atoms with E-state index in [0.717, 1.165) is 0 Å². The molecule has 0 saturated carbocycles. The summed E-state index contributed by atoms with van der Waals surface area (Å²) in [6.07, 6.45) is 0. The fraction of sp³-hybridized carbons (Fsp3) is 0. The molecule has 0 atom stereocenters. The molecule has 21 heavy (non-hydrogen) atoms. The summed E-state index contributed by atoms with van der Waals surface area (Å²) in [5.74, 6) is -0.382. The third kappa shape index (κ3) is 4.11. The van der Waals surface area contributed by atoms with Gasteiger partial charge in [-0.15, -0.1) is 0 Å². The number of hydrogen-bond acceptors (Lipinski definition) is 2. The maximum atomic E-state index is 12.1. The highest BCUT2D eigenvalue weighted by Crippen LogP contribution is 2.22. The molecular weight excluding hydrogens is 313 g/mol. The molecule has 5 nitrogen and oxygen atoms in total. The molecule has 2 aromatic rings. The number of urea groups is 1. The smallest absolute Gasteiger partial charge is 0.316 e. The predicted octanol–water partition coefficient (Wildman–Crippen LogP) is 3.74. The monoisotopic (exact) mass is 323 g/mol. The Morgan fingerprint density at radius 3 is 2.24 bits per heavy atom. The van der Waals surface area contributed by atoms with Crippen molar-refractivity contribution in [1.82, 2.24) is 0 Å². The number of anilines is 2. The SMILES string of the molecule is NC(=O)Nc1cccc(NC(=O)c2ccc(Cl)cc2Cl)c1. The van der Waals surface area contributed by atoms with Gasteiger partial charge in [-0.3, -0.25) is 4.79 Å². The molecule has 0 aliphatic heterocycles. The van der Waals surface area contributed by atoms with Crippen molar-refractivity contribution >= 4 is 46.5 Å². The van der Waals surface area contributed by atoms with Gasteiger partial charge in [-0.1, -0.05) is 29.3 Å². The van der Waals surface area contributed by atoms with Crippen molar-refractivity contribution in [2.45, 2.75) is 0 Å². The molecule has 0 saturated heterocycles. The fourth-order valence-electron chi connectivity index (χ4n) is 1.69. The Hall–Kier alpha value is -2.24. The van der Waals surface area contributed by atoms with Crippen LogP contribution in [0.5, 0.6) is 0 Å². The normalized spacial score (nSPS) is 10.0. The van der Waals surface area contributed by atoms with Crippen molar-refractivity contribution in [3.05, 3.63) is 58.1 Å². The van der Waals surface area contributed by atoms with Crippen LogP contribution < -0.4 is 16.4 Å². The molecule has 0 aliphatic carbocycles. The van der Waals surface area contributed by atoms with Gasteiger partial charge in [0, 0.05) is 16.4 Å². The van der Waals surface area contributed by atoms with E-state index in [-0.39, 0.29) is 10.9 Å². The summed E-state index contributed by atoms with van der Waals surface area (Å²) in [7, 11) is 0. The van der Waals surface area contributed by atoms with Crippen LogP contribution in [-0.4, -0.2) is 11.9 Å². The Kier molecular flexibility index (Phi) is 4.67. The molecule has 4 N–H and O–H groups in total. The van der Waals surface area contributed by atoms with E-state index in [9.17, 15) is 9.59 Å². The standard InChI is InChI=1S/C14H11Cl2N3O2/c15-8-4-5-11(12(16)6-8)13(20)18-9-2-1-3-10(7-9)19-14(17)21/h1-7H,(H,18,20)(H3,17,19,21). The van der Waals surface area contributed by atoms with E-state index in [1.54, 1.807) is 30.3 Å². The number of rotatable bonds is 3. The van der Waals surface area contributed by atoms with Crippen LogP contribution in [0.25, 0.3) is 0 Å². The third-order valence-electron chi connectivity index (χ3n) is 2.56. The maximum absolute atomic E-state index is 12.1. The lowest BCUT2D eigenvalue weighted by molar-refractivity contribution is 0.102. The van der Waals surface area contributed by atoms with Crippen LogP contribution in [0, 0.1) is 0 Å². The van der Waals surface area contributed by atoms with Crippen LogP contribution in [0.4, 0.5) is 16.2 Å². The van der Waals surface area contributed by atoms with Crippen molar-refractivity contribution in [2.24, 2.45) is 5.73 Å². The number of amides is 3. The van der Waals surface area contributed by atoms with Crippen LogP contribution in [0.2, 0.25) is 10.0 Å². The minimum atomic E-state index is -0.681. The van der Waals surface area contributed by atoms with E-state index < -0.39 is 6.03 Å². The Balaban J connectivity index is 2.17. The fourth-order valence-corrected chi connectivity index (χ4v) is 2.18. The second-order valence-electron chi connectivity index (χ2n) is 4.15. The van der Waals surface area contributed by atoms with Crippen LogP contribution in [0.1, 0.15) is 10.4 Å². The number of carbonyl (C=O) groups excluding carboxylic acids is 2. The van der Waals surface area contributed by atoms with Gasteiger partial charge in [-0.2, -0.15) is 0 Å². The molecule has 2 rings (SSSR count). The number of halogens is 2. The molecule has 0 fully saturated rings. The van der Waals surface area contributed by atoms with Gasteiger partial charge in [0.25, 0.3) is 5.91 Å². The molecule has 0 aliphatic rings. The summed E-state index contributed by atoms with van der Waals surface area (Å²) < 4.78 is 0. The average Bonchev–Trinajstić information content (AvgIpc) is 2.37. The number of carbonyl (C=O) groups is 2. The van der Waals surface area contributed by atoms with Crippen molar-refractivity contribution < 1.29 is 9.59 Å². The van der Waals surface area contributed by atoms with Gasteiger partial charge in [0.1, 0.15) is 0 Å². The zero-order valence-electron chi connectivity index (χ0n) is 10.7. The first-order chi connectivity index (χ1) is 9.95. The highest BCUT2D eigenvalue weighted by atomic mass is 35.5. The first kappa shape index (κ1) is 15.2. The van der Waals surface area contributed by atoms with E-state index in [2.05, 4.69) is 10.6 Å². The van der Waals surface area contributed by atoms with Crippen molar-refractivity contribution in [3.63, 3.8) is 0 Å². The zero-order valence-corrected chi connectivity index (χ0v) is 12.2. The predicted molar refractivity (Wildman–Crippen MR) is 84.1 cm³/mol. The summed E-state index contributed by atoms with van der Waals surface area (Å²) in [6, 6.07) is 10.5. The third-order valence-corrected chi connectivity index (χ3v) is 3.11. The Morgan fingerprint density at radius 1 is 0.952 bits per heavy atom. The van der Waals surface area contributed by atoms with Gasteiger partial charge in [0.15, 0.2) is 0 Å². The van der Waals surface area contributed by atoms with Gasteiger partial charge in [0.2, 0.25) is 0 Å². The summed E-state index contributed by atoms with van der Waals surface area (Å²) in [5, 5.41) is 5.80. The van der Waals surface area contributed by atoms with Gasteiger partial charge in [-0.05, 0) is 36.4 Å². The Labute approximate surface area is 131 Å². The minimum Gasteiger partial charge on any atom is -0.351 e. The van der Waals surface area contributed by atoms with Gasteiger partial charge < -0.3 is 16.4 Å². The first-order valence-corrected chi connectivity index (χ1v) is 6.64. The summed E-state index contributed by atoms with van der Waals surface area (Å²) in [6.45, 7) is 0. The molecule has 0 radical (unpaired) electrons. The van der Waals surface area contributed by atoms with Gasteiger partial charge >= 0.3 is 6.03 Å². The lowest BCUT2D eigenvalue weighted by Crippen LogP contribution is -2.19.